The normalized spacial score (nSPS) is 25.1. The number of aryl methyl sites for hydroxylation is 1. The second-order valence-electron chi connectivity index (χ2n) is 12.4. The first-order valence-electron chi connectivity index (χ1n) is 15.3. The molecule has 1 spiro atoms. The Morgan fingerprint density at radius 3 is 2.29 bits per heavy atom. The molecule has 2 aliphatic carbocycles. The van der Waals surface area contributed by atoms with Crippen LogP contribution in [0.25, 0.3) is 0 Å². The number of amides is 2. The van der Waals surface area contributed by atoms with E-state index in [-0.39, 0.29) is 30.3 Å². The topological polar surface area (TPSA) is 70.5 Å². The van der Waals surface area contributed by atoms with Crippen molar-refractivity contribution in [3.63, 3.8) is 0 Å². The Hall–Kier alpha value is -1.60. The second kappa shape index (κ2) is 12.7. The number of piperazine rings is 1. The van der Waals surface area contributed by atoms with E-state index in [2.05, 4.69) is 35.7 Å². The predicted molar refractivity (Wildman–Crippen MR) is 153 cm³/mol. The first kappa shape index (κ1) is 29.4. The number of aromatic nitrogens is 2. The van der Waals surface area contributed by atoms with E-state index in [1.54, 1.807) is 0 Å². The monoisotopic (exact) mass is 547 g/mol. The highest BCUT2D eigenvalue weighted by molar-refractivity contribution is 6.00. The number of piperidine rings is 1. The van der Waals surface area contributed by atoms with E-state index in [4.69, 9.17) is 5.10 Å². The quantitative estimate of drug-likeness (QED) is 0.468. The van der Waals surface area contributed by atoms with Crippen LogP contribution in [0.5, 0.6) is 0 Å². The standard InChI is InChI=1S/C30H49N5O2.ClH/c1-4-5-17-34-28(36)27(20-24-11-7-6-8-12-24)31-29(37)30(34)15-18-33(19-16-30)21-26-22(2)32-35(23(26)3)25-13-9-10-14-25;/h24-25,27H,4-21H2,1-3H3,(H,31,37);1H/t27-;/m0./s1. The van der Waals surface area contributed by atoms with Gasteiger partial charge in [0.15, 0.2) is 0 Å². The zero-order valence-corrected chi connectivity index (χ0v) is 24.8. The number of likely N-dealkylation sites (tertiary alicyclic amines) is 1. The summed E-state index contributed by atoms with van der Waals surface area (Å²) in [6.07, 6.45) is 15.6. The van der Waals surface area contributed by atoms with Crippen molar-refractivity contribution in [2.75, 3.05) is 19.6 Å². The van der Waals surface area contributed by atoms with Gasteiger partial charge < -0.3 is 10.2 Å². The maximum Gasteiger partial charge on any atom is 0.246 e. The summed E-state index contributed by atoms with van der Waals surface area (Å²) >= 11 is 0. The lowest BCUT2D eigenvalue weighted by Crippen LogP contribution is -2.73. The fraction of sp³-hybridized carbons (Fsp3) is 0.833. The molecule has 2 aliphatic heterocycles. The Labute approximate surface area is 235 Å². The van der Waals surface area contributed by atoms with Gasteiger partial charge in [-0.2, -0.15) is 5.10 Å². The summed E-state index contributed by atoms with van der Waals surface area (Å²) in [7, 11) is 0. The molecule has 0 radical (unpaired) electrons. The van der Waals surface area contributed by atoms with Crippen molar-refractivity contribution in [3.8, 4) is 0 Å². The number of carbonyl (C=O) groups excluding carboxylic acids is 2. The number of hydrogen-bond donors (Lipinski definition) is 1. The summed E-state index contributed by atoms with van der Waals surface area (Å²) in [5, 5.41) is 8.17. The molecule has 1 N–H and O–H groups in total. The van der Waals surface area contributed by atoms with E-state index < -0.39 is 5.54 Å². The molecule has 2 saturated heterocycles. The number of halogens is 1. The Morgan fingerprint density at radius 1 is 0.974 bits per heavy atom. The van der Waals surface area contributed by atoms with Crippen LogP contribution in [-0.2, 0) is 16.1 Å². The average molecular weight is 548 g/mol. The van der Waals surface area contributed by atoms with Crippen LogP contribution in [0.1, 0.15) is 120 Å². The Balaban J connectivity index is 0.00000336. The van der Waals surface area contributed by atoms with Crippen LogP contribution < -0.4 is 5.32 Å². The van der Waals surface area contributed by atoms with E-state index >= 15 is 0 Å². The summed E-state index contributed by atoms with van der Waals surface area (Å²) in [6.45, 7) is 9.80. The third kappa shape index (κ3) is 5.79. The van der Waals surface area contributed by atoms with Crippen molar-refractivity contribution in [3.05, 3.63) is 17.0 Å². The van der Waals surface area contributed by atoms with E-state index in [0.717, 1.165) is 57.4 Å². The van der Waals surface area contributed by atoms with Crippen molar-refractivity contribution < 1.29 is 9.59 Å². The zero-order chi connectivity index (χ0) is 26.0. The summed E-state index contributed by atoms with van der Waals surface area (Å²) < 4.78 is 2.29. The van der Waals surface area contributed by atoms with Crippen LogP contribution in [-0.4, -0.2) is 62.6 Å². The van der Waals surface area contributed by atoms with Gasteiger partial charge in [-0.25, -0.2) is 0 Å². The van der Waals surface area contributed by atoms with Crippen LogP contribution >= 0.6 is 12.4 Å². The fourth-order valence-electron chi connectivity index (χ4n) is 7.66. The molecule has 3 heterocycles. The van der Waals surface area contributed by atoms with Crippen LogP contribution in [0.15, 0.2) is 0 Å². The molecule has 0 unspecified atom stereocenters. The van der Waals surface area contributed by atoms with Gasteiger partial charge in [0.25, 0.3) is 0 Å². The molecule has 1 aromatic heterocycles. The van der Waals surface area contributed by atoms with Gasteiger partial charge in [0.05, 0.1) is 11.7 Å². The summed E-state index contributed by atoms with van der Waals surface area (Å²) in [6, 6.07) is 0.227. The number of carbonyl (C=O) groups is 2. The van der Waals surface area contributed by atoms with Gasteiger partial charge in [-0.15, -0.1) is 12.4 Å². The molecular formula is C30H50ClN5O2. The minimum atomic E-state index is -0.677. The highest BCUT2D eigenvalue weighted by atomic mass is 35.5. The molecule has 0 bridgehead atoms. The number of nitrogens with one attached hydrogen (secondary N) is 1. The van der Waals surface area contributed by atoms with Crippen LogP contribution in [0.4, 0.5) is 0 Å². The highest BCUT2D eigenvalue weighted by Gasteiger charge is 2.53. The molecule has 5 rings (SSSR count). The van der Waals surface area contributed by atoms with Crippen molar-refractivity contribution >= 4 is 24.2 Å². The summed E-state index contributed by atoms with van der Waals surface area (Å²) in [4.78, 5) is 32.0. The first-order valence-corrected chi connectivity index (χ1v) is 15.3. The molecule has 1 atom stereocenters. The Bertz CT molecular complexity index is 958. The molecule has 214 valence electrons. The summed E-state index contributed by atoms with van der Waals surface area (Å²) in [5.41, 5.74) is 3.13. The maximum absolute atomic E-state index is 13.8. The van der Waals surface area contributed by atoms with Gasteiger partial charge in [-0.1, -0.05) is 58.3 Å². The third-order valence-electron chi connectivity index (χ3n) is 10.0. The third-order valence-corrected chi connectivity index (χ3v) is 10.0. The lowest BCUT2D eigenvalue weighted by atomic mass is 9.79. The van der Waals surface area contributed by atoms with Gasteiger partial charge in [0.1, 0.15) is 11.6 Å². The van der Waals surface area contributed by atoms with Crippen LogP contribution in [0.2, 0.25) is 0 Å². The maximum atomic E-state index is 13.8. The van der Waals surface area contributed by atoms with Gasteiger partial charge in [-0.05, 0) is 58.3 Å². The SMILES string of the molecule is CCCCN1C(=O)[C@H](CC2CCCCC2)NC(=O)C12CCN(Cc1c(C)nn(C3CCCC3)c1C)CC2.Cl. The van der Waals surface area contributed by atoms with Crippen LogP contribution in [0, 0.1) is 19.8 Å². The smallest absolute Gasteiger partial charge is 0.246 e. The number of unbranched alkanes of at least 4 members (excludes halogenated alkanes) is 1. The van der Waals surface area contributed by atoms with Crippen molar-refractivity contribution in [2.45, 2.75) is 135 Å². The second-order valence-corrected chi connectivity index (χ2v) is 12.4. The minimum Gasteiger partial charge on any atom is -0.342 e. The van der Waals surface area contributed by atoms with Crippen molar-refractivity contribution in [1.82, 2.24) is 24.9 Å². The molecule has 7 nitrogen and oxygen atoms in total. The number of rotatable bonds is 8. The highest BCUT2D eigenvalue weighted by Crippen LogP contribution is 2.37. The minimum absolute atomic E-state index is 0. The van der Waals surface area contributed by atoms with Gasteiger partial charge in [-0.3, -0.25) is 19.2 Å². The number of hydrogen-bond acceptors (Lipinski definition) is 4. The molecule has 4 aliphatic rings. The van der Waals surface area contributed by atoms with Crippen molar-refractivity contribution in [2.24, 2.45) is 5.92 Å². The molecule has 0 aromatic carbocycles. The molecule has 8 heteroatoms. The zero-order valence-electron chi connectivity index (χ0n) is 24.0. The summed E-state index contributed by atoms with van der Waals surface area (Å²) in [5.74, 6) is 0.852. The largest absolute Gasteiger partial charge is 0.342 e. The average Bonchev–Trinajstić information content (AvgIpc) is 3.53. The first-order chi connectivity index (χ1) is 17.9. The Kier molecular flexibility index (Phi) is 9.83. The molecule has 2 saturated carbocycles. The Morgan fingerprint density at radius 2 is 1.63 bits per heavy atom. The molecule has 38 heavy (non-hydrogen) atoms. The van der Waals surface area contributed by atoms with E-state index in [9.17, 15) is 9.59 Å². The molecule has 4 fully saturated rings. The number of nitrogens with zero attached hydrogens (tertiary/aromatic N) is 4. The molecule has 1 aromatic rings. The van der Waals surface area contributed by atoms with Crippen molar-refractivity contribution in [1.29, 1.82) is 0 Å². The molecule has 2 amide bonds. The molecular weight excluding hydrogens is 498 g/mol. The predicted octanol–water partition coefficient (Wildman–Crippen LogP) is 5.47. The lowest BCUT2D eigenvalue weighted by molar-refractivity contribution is -0.162. The van der Waals surface area contributed by atoms with E-state index in [0.29, 0.717) is 18.5 Å². The van der Waals surface area contributed by atoms with Crippen LogP contribution in [0.3, 0.4) is 0 Å². The fourth-order valence-corrected chi connectivity index (χ4v) is 7.66. The van der Waals surface area contributed by atoms with Gasteiger partial charge in [0, 0.05) is 37.4 Å². The lowest BCUT2D eigenvalue weighted by Gasteiger charge is -2.52. The van der Waals surface area contributed by atoms with Gasteiger partial charge in [0.2, 0.25) is 11.8 Å². The van der Waals surface area contributed by atoms with E-state index in [1.165, 1.54) is 69.0 Å². The van der Waals surface area contributed by atoms with E-state index in [1.807, 2.05) is 4.90 Å². The van der Waals surface area contributed by atoms with Gasteiger partial charge >= 0.3 is 0 Å².